The number of carbonyl (C=O) groups is 3. The van der Waals surface area contributed by atoms with Crippen molar-refractivity contribution in [2.45, 2.75) is 43.9 Å². The van der Waals surface area contributed by atoms with Gasteiger partial charge < -0.3 is 15.7 Å². The van der Waals surface area contributed by atoms with Crippen LogP contribution in [0.3, 0.4) is 0 Å². The lowest BCUT2D eigenvalue weighted by Crippen LogP contribution is -2.42. The molecule has 0 aromatic heterocycles. The molecule has 19 heavy (non-hydrogen) atoms. The average molecular weight is 288 g/mol. The minimum atomic E-state index is -0.987. The number of thioether (sulfide) groups is 1. The number of unbranched alkanes of at least 4 members (excludes halogenated alkanes) is 1. The first-order valence-corrected chi connectivity index (χ1v) is 7.23. The Balaban J connectivity index is 2.61. The smallest absolute Gasteiger partial charge is 0.326 e. The molecule has 1 saturated heterocycles. The number of carboxylic acid groups (broad SMARTS) is 1. The first-order chi connectivity index (χ1) is 8.95. The van der Waals surface area contributed by atoms with Gasteiger partial charge in [-0.25, -0.2) is 4.79 Å². The molecule has 2 unspecified atom stereocenters. The largest absolute Gasteiger partial charge is 0.480 e. The second-order valence-electron chi connectivity index (χ2n) is 4.62. The van der Waals surface area contributed by atoms with Gasteiger partial charge in [-0.05, 0) is 25.8 Å². The minimum absolute atomic E-state index is 0.0466. The Hall–Kier alpha value is -1.08. The zero-order valence-electron chi connectivity index (χ0n) is 11.0. The summed E-state index contributed by atoms with van der Waals surface area (Å²) in [5, 5.41) is 9.05. The molecule has 1 amide bonds. The Kier molecular flexibility index (Phi) is 6.30. The van der Waals surface area contributed by atoms with Crippen molar-refractivity contribution in [2.75, 3.05) is 13.1 Å². The van der Waals surface area contributed by atoms with Crippen molar-refractivity contribution in [3.63, 3.8) is 0 Å². The van der Waals surface area contributed by atoms with E-state index >= 15 is 0 Å². The molecule has 0 spiro atoms. The molecule has 108 valence electrons. The van der Waals surface area contributed by atoms with E-state index in [1.807, 2.05) is 0 Å². The van der Waals surface area contributed by atoms with Crippen LogP contribution in [0.25, 0.3) is 0 Å². The highest BCUT2D eigenvalue weighted by molar-refractivity contribution is 8.14. The summed E-state index contributed by atoms with van der Waals surface area (Å²) in [7, 11) is 0. The number of amides is 1. The summed E-state index contributed by atoms with van der Waals surface area (Å²) in [6.45, 7) is 2.31. The normalized spacial score (nSPS) is 20.6. The van der Waals surface area contributed by atoms with Gasteiger partial charge in [0, 0.05) is 25.1 Å². The number of hydrogen-bond acceptors (Lipinski definition) is 5. The molecule has 1 rings (SSSR count). The fraction of sp³-hybridized carbons (Fsp3) is 0.750. The highest BCUT2D eigenvalue weighted by atomic mass is 32.2. The summed E-state index contributed by atoms with van der Waals surface area (Å²) in [5.74, 6) is -1.17. The predicted octanol–water partition coefficient (Wildman–Crippen LogP) is 0.449. The second-order valence-corrected chi connectivity index (χ2v) is 6.10. The van der Waals surface area contributed by atoms with E-state index < -0.39 is 12.0 Å². The summed E-state index contributed by atoms with van der Waals surface area (Å²) in [5.41, 5.74) is 5.38. The summed E-state index contributed by atoms with van der Waals surface area (Å²) < 4.78 is 0. The molecule has 6 nitrogen and oxygen atoms in total. The zero-order chi connectivity index (χ0) is 14.4. The van der Waals surface area contributed by atoms with Crippen LogP contribution >= 0.6 is 11.8 Å². The average Bonchev–Trinajstić information content (AvgIpc) is 2.64. The van der Waals surface area contributed by atoms with Gasteiger partial charge in [0.2, 0.25) is 5.91 Å². The highest BCUT2D eigenvalue weighted by Gasteiger charge is 2.37. The maximum Gasteiger partial charge on any atom is 0.326 e. The Morgan fingerprint density at radius 3 is 2.74 bits per heavy atom. The first kappa shape index (κ1) is 16.0. The quantitative estimate of drug-likeness (QED) is 0.660. The molecule has 2 atom stereocenters. The third kappa shape index (κ3) is 4.83. The molecule has 1 aliphatic heterocycles. The van der Waals surface area contributed by atoms with Crippen LogP contribution in [0.1, 0.15) is 32.6 Å². The van der Waals surface area contributed by atoms with Crippen molar-refractivity contribution >= 4 is 28.8 Å². The molecule has 0 aromatic carbocycles. The van der Waals surface area contributed by atoms with Crippen molar-refractivity contribution < 1.29 is 19.5 Å². The van der Waals surface area contributed by atoms with E-state index in [0.29, 0.717) is 25.9 Å². The number of hydrogen-bond donors (Lipinski definition) is 2. The molecule has 0 radical (unpaired) electrons. The SMILES string of the molecule is CC(=O)SC1CC(=O)N(C(CCCCN)C(=O)O)C1. The Morgan fingerprint density at radius 2 is 2.21 bits per heavy atom. The monoisotopic (exact) mass is 288 g/mol. The molecule has 3 N–H and O–H groups in total. The van der Waals surface area contributed by atoms with E-state index in [9.17, 15) is 19.5 Å². The van der Waals surface area contributed by atoms with Crippen LogP contribution in [0, 0.1) is 0 Å². The first-order valence-electron chi connectivity index (χ1n) is 6.35. The zero-order valence-corrected chi connectivity index (χ0v) is 11.8. The second kappa shape index (κ2) is 7.49. The lowest BCUT2D eigenvalue weighted by Gasteiger charge is -2.24. The van der Waals surface area contributed by atoms with Crippen molar-refractivity contribution in [3.05, 3.63) is 0 Å². The van der Waals surface area contributed by atoms with Crippen LogP contribution in [0.5, 0.6) is 0 Å². The molecule has 1 aliphatic rings. The summed E-state index contributed by atoms with van der Waals surface area (Å²) in [6.07, 6.45) is 2.08. The van der Waals surface area contributed by atoms with Crippen LogP contribution in [-0.2, 0) is 14.4 Å². The summed E-state index contributed by atoms with van der Waals surface area (Å²) in [4.78, 5) is 35.5. The molecular formula is C12H20N2O4S. The number of nitrogens with two attached hydrogens (primary N) is 1. The topological polar surface area (TPSA) is 101 Å². The lowest BCUT2D eigenvalue weighted by molar-refractivity contribution is -0.148. The third-order valence-corrected chi connectivity index (χ3v) is 4.03. The van der Waals surface area contributed by atoms with Gasteiger partial charge in [-0.1, -0.05) is 11.8 Å². The number of likely N-dealkylation sites (tertiary alicyclic amines) is 1. The van der Waals surface area contributed by atoms with E-state index in [-0.39, 0.29) is 22.7 Å². The van der Waals surface area contributed by atoms with E-state index in [0.717, 1.165) is 18.2 Å². The van der Waals surface area contributed by atoms with E-state index in [4.69, 9.17) is 5.73 Å². The van der Waals surface area contributed by atoms with E-state index in [1.165, 1.54) is 11.8 Å². The van der Waals surface area contributed by atoms with Crippen LogP contribution < -0.4 is 5.73 Å². The third-order valence-electron chi connectivity index (χ3n) is 3.05. The molecule has 1 fully saturated rings. The number of carboxylic acids is 1. The van der Waals surface area contributed by atoms with Crippen LogP contribution in [-0.4, -0.2) is 51.4 Å². The molecule has 0 aliphatic carbocycles. The van der Waals surface area contributed by atoms with E-state index in [2.05, 4.69) is 0 Å². The maximum atomic E-state index is 11.9. The number of rotatable bonds is 7. The Labute approximate surface area is 116 Å². The van der Waals surface area contributed by atoms with Crippen molar-refractivity contribution in [2.24, 2.45) is 5.73 Å². The van der Waals surface area contributed by atoms with Crippen molar-refractivity contribution in [1.29, 1.82) is 0 Å². The lowest BCUT2D eigenvalue weighted by atomic mass is 10.1. The molecular weight excluding hydrogens is 268 g/mol. The summed E-state index contributed by atoms with van der Waals surface area (Å²) >= 11 is 1.11. The fourth-order valence-electron chi connectivity index (χ4n) is 2.21. The predicted molar refractivity (Wildman–Crippen MR) is 72.7 cm³/mol. The van der Waals surface area contributed by atoms with Gasteiger partial charge in [-0.2, -0.15) is 0 Å². The molecule has 0 aromatic rings. The van der Waals surface area contributed by atoms with Gasteiger partial charge >= 0.3 is 5.97 Å². The molecule has 7 heteroatoms. The number of carbonyl (C=O) groups excluding carboxylic acids is 2. The standard InChI is InChI=1S/C12H20N2O4S/c1-8(15)19-9-6-11(16)14(7-9)10(12(17)18)4-2-3-5-13/h9-10H,2-7,13H2,1H3,(H,17,18). The van der Waals surface area contributed by atoms with E-state index in [1.54, 1.807) is 0 Å². The van der Waals surface area contributed by atoms with Gasteiger partial charge in [0.15, 0.2) is 5.12 Å². The van der Waals surface area contributed by atoms with Gasteiger partial charge in [-0.3, -0.25) is 9.59 Å². The van der Waals surface area contributed by atoms with Crippen LogP contribution in [0.4, 0.5) is 0 Å². The van der Waals surface area contributed by atoms with Gasteiger partial charge in [0.1, 0.15) is 6.04 Å². The Bertz CT molecular complexity index is 362. The highest BCUT2D eigenvalue weighted by Crippen LogP contribution is 2.27. The molecule has 0 bridgehead atoms. The van der Waals surface area contributed by atoms with Gasteiger partial charge in [-0.15, -0.1) is 0 Å². The Morgan fingerprint density at radius 1 is 1.53 bits per heavy atom. The van der Waals surface area contributed by atoms with Gasteiger partial charge in [0.05, 0.1) is 0 Å². The fourth-order valence-corrected chi connectivity index (χ4v) is 3.14. The molecule has 0 saturated carbocycles. The maximum absolute atomic E-state index is 11.9. The number of nitrogens with zero attached hydrogens (tertiary/aromatic N) is 1. The number of aliphatic carboxylic acids is 1. The van der Waals surface area contributed by atoms with Crippen molar-refractivity contribution in [1.82, 2.24) is 4.90 Å². The van der Waals surface area contributed by atoms with Gasteiger partial charge in [0.25, 0.3) is 0 Å². The van der Waals surface area contributed by atoms with Crippen LogP contribution in [0.2, 0.25) is 0 Å². The minimum Gasteiger partial charge on any atom is -0.480 e. The molecule has 1 heterocycles. The van der Waals surface area contributed by atoms with Crippen molar-refractivity contribution in [3.8, 4) is 0 Å². The summed E-state index contributed by atoms with van der Waals surface area (Å²) in [6, 6.07) is -0.795. The van der Waals surface area contributed by atoms with Crippen LogP contribution in [0.15, 0.2) is 0 Å².